The molecule has 5 nitrogen and oxygen atoms in total. The van der Waals surface area contributed by atoms with E-state index in [-0.39, 0.29) is 33.0 Å². The zero-order chi connectivity index (χ0) is 15.9. The van der Waals surface area contributed by atoms with Gasteiger partial charge in [0.2, 0.25) is 11.6 Å². The summed E-state index contributed by atoms with van der Waals surface area (Å²) in [6.45, 7) is 3.94. The highest BCUT2D eigenvalue weighted by molar-refractivity contribution is 9.12. The van der Waals surface area contributed by atoms with Gasteiger partial charge in [-0.3, -0.25) is 9.59 Å². The Morgan fingerprint density at radius 3 is 2.68 bits per heavy atom. The number of rotatable bonds is 2. The third-order valence-electron chi connectivity index (χ3n) is 3.68. The van der Waals surface area contributed by atoms with Gasteiger partial charge in [-0.1, -0.05) is 12.1 Å². The lowest BCUT2D eigenvalue weighted by Gasteiger charge is -2.19. The largest absolute Gasteiger partial charge is 0.351 e. The molecule has 1 N–H and O–H groups in total. The van der Waals surface area contributed by atoms with E-state index in [0.717, 1.165) is 16.8 Å². The van der Waals surface area contributed by atoms with Gasteiger partial charge in [0.25, 0.3) is 0 Å². The minimum atomic E-state index is -0.329. The van der Waals surface area contributed by atoms with Crippen LogP contribution in [0.2, 0.25) is 0 Å². The number of carbonyl (C=O) groups is 2. The highest BCUT2D eigenvalue weighted by Gasteiger charge is 2.32. The fourth-order valence-electron chi connectivity index (χ4n) is 2.26. The Balaban J connectivity index is 2.08. The molecule has 0 radical (unpaired) electrons. The Morgan fingerprint density at radius 2 is 1.91 bits per heavy atom. The highest BCUT2D eigenvalue weighted by Crippen LogP contribution is 2.30. The summed E-state index contributed by atoms with van der Waals surface area (Å²) >= 11 is 3.22. The van der Waals surface area contributed by atoms with Gasteiger partial charge < -0.3 is 5.32 Å². The van der Waals surface area contributed by atoms with Crippen molar-refractivity contribution in [2.75, 3.05) is 5.32 Å². The topological polar surface area (TPSA) is 72.0 Å². The number of hydrogen-bond acceptors (Lipinski definition) is 5. The predicted molar refractivity (Wildman–Crippen MR) is 86.2 cm³/mol. The van der Waals surface area contributed by atoms with Gasteiger partial charge in [0.05, 0.1) is 10.0 Å². The minimum absolute atomic E-state index is 0.124. The van der Waals surface area contributed by atoms with Gasteiger partial charge in [-0.05, 0) is 47.0 Å². The summed E-state index contributed by atoms with van der Waals surface area (Å²) in [5.41, 5.74) is 3.45. The Labute approximate surface area is 135 Å². The number of allylic oxidation sites excluding steroid dienone is 2. The van der Waals surface area contributed by atoms with Crippen LogP contribution in [0, 0.1) is 13.8 Å². The monoisotopic (exact) mass is 357 g/mol. The van der Waals surface area contributed by atoms with Crippen LogP contribution in [0.15, 0.2) is 40.9 Å². The molecule has 1 heterocycles. The van der Waals surface area contributed by atoms with Crippen molar-refractivity contribution in [1.82, 2.24) is 9.97 Å². The van der Waals surface area contributed by atoms with E-state index >= 15 is 0 Å². The number of hydrogen-bond donors (Lipinski definition) is 1. The van der Waals surface area contributed by atoms with Gasteiger partial charge in [-0.15, -0.1) is 0 Å². The van der Waals surface area contributed by atoms with E-state index in [1.165, 1.54) is 12.5 Å². The molecule has 1 aromatic carbocycles. The third kappa shape index (κ3) is 2.25. The van der Waals surface area contributed by atoms with Gasteiger partial charge in [0, 0.05) is 11.9 Å². The Morgan fingerprint density at radius 1 is 1.14 bits per heavy atom. The molecule has 1 aromatic heterocycles. The Kier molecular flexibility index (Phi) is 3.62. The summed E-state index contributed by atoms with van der Waals surface area (Å²) in [6, 6.07) is 5.75. The molecule has 0 unspecified atom stereocenters. The van der Waals surface area contributed by atoms with Crippen molar-refractivity contribution in [2.45, 2.75) is 13.8 Å². The zero-order valence-corrected chi connectivity index (χ0v) is 13.6. The minimum Gasteiger partial charge on any atom is -0.351 e. The molecule has 0 saturated heterocycles. The van der Waals surface area contributed by atoms with Crippen molar-refractivity contribution >= 4 is 33.2 Å². The molecule has 0 amide bonds. The molecule has 22 heavy (non-hydrogen) atoms. The molecule has 0 bridgehead atoms. The molecule has 0 atom stereocenters. The van der Waals surface area contributed by atoms with Gasteiger partial charge in [-0.25, -0.2) is 9.97 Å². The first-order valence-corrected chi connectivity index (χ1v) is 7.42. The quantitative estimate of drug-likeness (QED) is 0.893. The van der Waals surface area contributed by atoms with Crippen LogP contribution < -0.4 is 5.32 Å². The number of carbonyl (C=O) groups excluding carboxylic acids is 2. The lowest BCUT2D eigenvalue weighted by Crippen LogP contribution is -2.25. The number of aromatic nitrogens is 2. The highest BCUT2D eigenvalue weighted by atomic mass is 79.9. The van der Waals surface area contributed by atoms with Gasteiger partial charge >= 0.3 is 0 Å². The molecule has 0 spiro atoms. The van der Waals surface area contributed by atoms with E-state index in [0.29, 0.717) is 0 Å². The lowest BCUT2D eigenvalue weighted by molar-refractivity contribution is 0.0979. The van der Waals surface area contributed by atoms with Gasteiger partial charge in [-0.2, -0.15) is 0 Å². The predicted octanol–water partition coefficient (Wildman–Crippen LogP) is 3.19. The van der Waals surface area contributed by atoms with Crippen molar-refractivity contribution in [3.05, 3.63) is 63.3 Å². The van der Waals surface area contributed by atoms with Gasteiger partial charge in [0.15, 0.2) is 0 Å². The molecule has 1 aliphatic rings. The first-order chi connectivity index (χ1) is 10.5. The van der Waals surface area contributed by atoms with Crippen LogP contribution in [0.1, 0.15) is 32.0 Å². The molecule has 110 valence electrons. The van der Waals surface area contributed by atoms with Crippen LogP contribution in [0.5, 0.6) is 0 Å². The second kappa shape index (κ2) is 5.46. The smallest absolute Gasteiger partial charge is 0.221 e. The number of anilines is 1. The third-order valence-corrected chi connectivity index (χ3v) is 4.44. The molecule has 0 aliphatic heterocycles. The number of benzene rings is 1. The number of nitrogens with one attached hydrogen (secondary N) is 1. The number of ketones is 2. The maximum absolute atomic E-state index is 12.6. The Bertz CT molecular complexity index is 843. The van der Waals surface area contributed by atoms with E-state index in [2.05, 4.69) is 31.2 Å². The molecule has 3 rings (SSSR count). The van der Waals surface area contributed by atoms with E-state index in [1.54, 1.807) is 0 Å². The summed E-state index contributed by atoms with van der Waals surface area (Å²) in [4.78, 5) is 32.7. The molecular formula is C16H12BrN3O2. The van der Waals surface area contributed by atoms with Crippen molar-refractivity contribution in [2.24, 2.45) is 0 Å². The van der Waals surface area contributed by atoms with Crippen LogP contribution in [0.25, 0.3) is 0 Å². The molecule has 0 fully saturated rings. The van der Waals surface area contributed by atoms with Gasteiger partial charge in [0.1, 0.15) is 17.7 Å². The second-order valence-corrected chi connectivity index (χ2v) is 5.80. The molecule has 6 heteroatoms. The Hall–Kier alpha value is -2.34. The standard InChI is InChI=1S/C16H12BrN3O2/c1-8-4-3-5-11(9(8)2)20-14-12(17)16(22)13-10(15(14)21)6-18-7-19-13/h3-7,20H,1-2H3. The molecule has 1 aliphatic carbocycles. The summed E-state index contributed by atoms with van der Waals surface area (Å²) in [5.74, 6) is -0.632. The lowest BCUT2D eigenvalue weighted by atomic mass is 9.98. The van der Waals surface area contributed by atoms with E-state index < -0.39 is 0 Å². The zero-order valence-electron chi connectivity index (χ0n) is 12.0. The van der Waals surface area contributed by atoms with Crippen molar-refractivity contribution in [3.8, 4) is 0 Å². The normalized spacial score (nSPS) is 14.1. The van der Waals surface area contributed by atoms with E-state index in [1.807, 2.05) is 32.0 Å². The van der Waals surface area contributed by atoms with Crippen LogP contribution in [-0.4, -0.2) is 21.5 Å². The average molecular weight is 358 g/mol. The second-order valence-electron chi connectivity index (χ2n) is 5.00. The number of Topliss-reactive ketones (excluding diaryl/α,β-unsaturated/α-hetero) is 2. The first-order valence-electron chi connectivity index (χ1n) is 6.63. The molecular weight excluding hydrogens is 346 g/mol. The molecule has 2 aromatic rings. The summed E-state index contributed by atoms with van der Waals surface area (Å²) in [7, 11) is 0. The first kappa shape index (κ1) is 14.6. The summed E-state index contributed by atoms with van der Waals surface area (Å²) < 4.78 is 0.185. The van der Waals surface area contributed by atoms with E-state index in [4.69, 9.17) is 0 Å². The fraction of sp³-hybridized carbons (Fsp3) is 0.125. The van der Waals surface area contributed by atoms with Crippen LogP contribution in [0.4, 0.5) is 5.69 Å². The van der Waals surface area contributed by atoms with Crippen LogP contribution >= 0.6 is 15.9 Å². The summed E-state index contributed by atoms with van der Waals surface area (Å²) in [5, 5.41) is 3.07. The van der Waals surface area contributed by atoms with Crippen molar-refractivity contribution < 1.29 is 9.59 Å². The summed E-state index contributed by atoms with van der Waals surface area (Å²) in [6.07, 6.45) is 2.63. The maximum Gasteiger partial charge on any atom is 0.221 e. The maximum atomic E-state index is 12.6. The number of fused-ring (bicyclic) bond motifs is 1. The number of aryl methyl sites for hydroxylation is 1. The molecule has 0 saturated carbocycles. The van der Waals surface area contributed by atoms with Crippen molar-refractivity contribution in [1.29, 1.82) is 0 Å². The van der Waals surface area contributed by atoms with Crippen LogP contribution in [0.3, 0.4) is 0 Å². The fourth-order valence-corrected chi connectivity index (χ4v) is 2.73. The van der Waals surface area contributed by atoms with Crippen molar-refractivity contribution in [3.63, 3.8) is 0 Å². The number of nitrogens with zero attached hydrogens (tertiary/aromatic N) is 2. The van der Waals surface area contributed by atoms with Crippen LogP contribution in [-0.2, 0) is 0 Å². The number of halogens is 1. The average Bonchev–Trinajstić information content (AvgIpc) is 2.53. The SMILES string of the molecule is Cc1cccc(NC2=C(Br)C(=O)c3ncncc3C2=O)c1C. The van der Waals surface area contributed by atoms with E-state index in [9.17, 15) is 9.59 Å².